The number of hydrogen-bond donors (Lipinski definition) is 3. The molecule has 0 heterocycles. The van der Waals surface area contributed by atoms with Gasteiger partial charge in [-0.05, 0) is 98.2 Å². The van der Waals surface area contributed by atoms with Gasteiger partial charge in [0.2, 0.25) is 0 Å². The summed E-state index contributed by atoms with van der Waals surface area (Å²) < 4.78 is 0. The summed E-state index contributed by atoms with van der Waals surface area (Å²) in [5, 5.41) is 35.6. The van der Waals surface area contributed by atoms with Crippen molar-refractivity contribution in [1.82, 2.24) is 0 Å². The van der Waals surface area contributed by atoms with Crippen LogP contribution in [0.2, 0.25) is 0 Å². The molecule has 2 saturated carbocycles. The molecule has 0 aromatic heterocycles. The maximum Gasteiger partial charge on any atom is 0.120 e. The number of aryl methyl sites for hydroxylation is 2. The second-order valence-electron chi connectivity index (χ2n) is 14.4. The molecule has 3 aromatic rings. The fraction of sp³-hybridized carbons (Fsp3) is 0.571. The maximum absolute atomic E-state index is 12.0. The normalized spacial score (nSPS) is 16.7. The van der Waals surface area contributed by atoms with E-state index in [2.05, 4.69) is 32.9 Å². The maximum atomic E-state index is 12.0. The predicted molar refractivity (Wildman–Crippen MR) is 188 cm³/mol. The molecule has 0 amide bonds. The second kappa shape index (κ2) is 15.6. The van der Waals surface area contributed by atoms with E-state index in [9.17, 15) is 15.3 Å². The summed E-state index contributed by atoms with van der Waals surface area (Å²) in [6.45, 7) is 6.53. The molecule has 244 valence electrons. The molecule has 2 fully saturated rings. The van der Waals surface area contributed by atoms with Gasteiger partial charge >= 0.3 is 0 Å². The fourth-order valence-electron chi connectivity index (χ4n) is 8.83. The monoisotopic (exact) mass is 610 g/mol. The Morgan fingerprint density at radius 3 is 1.51 bits per heavy atom. The number of para-hydroxylation sites is 1. The highest BCUT2D eigenvalue weighted by molar-refractivity contribution is 5.64. The summed E-state index contributed by atoms with van der Waals surface area (Å²) in [4.78, 5) is 0. The fourth-order valence-corrected chi connectivity index (χ4v) is 8.83. The number of benzene rings is 3. The van der Waals surface area contributed by atoms with Crippen molar-refractivity contribution in [3.63, 3.8) is 0 Å². The van der Waals surface area contributed by atoms with E-state index >= 15 is 0 Å². The van der Waals surface area contributed by atoms with Gasteiger partial charge in [0.1, 0.15) is 17.2 Å². The molecule has 3 aromatic carbocycles. The van der Waals surface area contributed by atoms with Gasteiger partial charge in [-0.15, -0.1) is 0 Å². The van der Waals surface area contributed by atoms with Crippen LogP contribution in [0.4, 0.5) is 0 Å². The Hall–Kier alpha value is -2.94. The Morgan fingerprint density at radius 1 is 0.556 bits per heavy atom. The number of unbranched alkanes of at least 4 members (excludes halogenated alkanes) is 6. The van der Waals surface area contributed by atoms with E-state index < -0.39 is 5.41 Å². The Labute approximate surface area is 273 Å². The van der Waals surface area contributed by atoms with E-state index in [4.69, 9.17) is 0 Å². The highest BCUT2D eigenvalue weighted by Gasteiger charge is 2.43. The summed E-state index contributed by atoms with van der Waals surface area (Å²) in [6, 6.07) is 16.1. The molecule has 0 radical (unpaired) electrons. The van der Waals surface area contributed by atoms with Gasteiger partial charge < -0.3 is 15.3 Å². The molecule has 0 bridgehead atoms. The topological polar surface area (TPSA) is 60.7 Å². The van der Waals surface area contributed by atoms with Crippen molar-refractivity contribution >= 4 is 0 Å². The molecular formula is C42H58O3. The molecule has 0 aliphatic heterocycles. The summed E-state index contributed by atoms with van der Waals surface area (Å²) in [5.74, 6) is 1.69. The summed E-state index contributed by atoms with van der Waals surface area (Å²) in [7, 11) is 0. The Kier molecular flexibility index (Phi) is 11.6. The van der Waals surface area contributed by atoms with Crippen LogP contribution in [0.3, 0.4) is 0 Å². The molecular weight excluding hydrogens is 552 g/mol. The SMILES string of the molecule is CCCCCCCCCC(c1ccccc1O)(c1cc(C2CCCCC2)c(C)cc1O)c1cc(C2CCCCC2)c(C)cc1O. The van der Waals surface area contributed by atoms with Crippen molar-refractivity contribution < 1.29 is 15.3 Å². The largest absolute Gasteiger partial charge is 0.508 e. The highest BCUT2D eigenvalue weighted by atomic mass is 16.3. The zero-order valence-electron chi connectivity index (χ0n) is 28.3. The van der Waals surface area contributed by atoms with Gasteiger partial charge in [0.15, 0.2) is 0 Å². The van der Waals surface area contributed by atoms with Gasteiger partial charge in [-0.1, -0.05) is 121 Å². The van der Waals surface area contributed by atoms with Crippen molar-refractivity contribution in [1.29, 1.82) is 0 Å². The minimum atomic E-state index is -0.892. The minimum absolute atomic E-state index is 0.221. The van der Waals surface area contributed by atoms with Crippen LogP contribution in [0.1, 0.15) is 173 Å². The lowest BCUT2D eigenvalue weighted by Crippen LogP contribution is -2.31. The second-order valence-corrected chi connectivity index (χ2v) is 14.4. The third-order valence-corrected chi connectivity index (χ3v) is 11.3. The van der Waals surface area contributed by atoms with Crippen molar-refractivity contribution in [2.75, 3.05) is 0 Å². The van der Waals surface area contributed by atoms with Gasteiger partial charge in [-0.3, -0.25) is 0 Å². The number of rotatable bonds is 13. The highest BCUT2D eigenvalue weighted by Crippen LogP contribution is 2.54. The first-order chi connectivity index (χ1) is 21.9. The molecule has 3 nitrogen and oxygen atoms in total. The number of aromatic hydroxyl groups is 3. The van der Waals surface area contributed by atoms with Crippen molar-refractivity contribution in [2.24, 2.45) is 0 Å². The number of hydrogen-bond acceptors (Lipinski definition) is 3. The molecule has 0 saturated heterocycles. The average Bonchev–Trinajstić information content (AvgIpc) is 3.04. The smallest absolute Gasteiger partial charge is 0.120 e. The van der Waals surface area contributed by atoms with E-state index in [-0.39, 0.29) is 17.2 Å². The molecule has 5 rings (SSSR count). The zero-order chi connectivity index (χ0) is 31.8. The molecule has 0 spiro atoms. The van der Waals surface area contributed by atoms with E-state index in [1.165, 1.54) is 107 Å². The minimum Gasteiger partial charge on any atom is -0.508 e. The van der Waals surface area contributed by atoms with E-state index in [0.717, 1.165) is 40.7 Å². The quantitative estimate of drug-likeness (QED) is 0.133. The van der Waals surface area contributed by atoms with Crippen LogP contribution in [0.25, 0.3) is 0 Å². The molecule has 3 N–H and O–H groups in total. The standard InChI is InChI=1S/C42H58O3/c1-4-5-6-7-8-9-18-25-42(36-23-16-17-24-39(36)43,37-28-34(30(2)26-40(37)44)32-19-12-10-13-20-32)38-29-35(31(3)27-41(38)45)33-21-14-11-15-22-33/h16-17,23-24,26-29,32-33,43-45H,4-15,18-22,25H2,1-3H3. The predicted octanol–water partition coefficient (Wildman–Crippen LogP) is 12.0. The zero-order valence-corrected chi connectivity index (χ0v) is 28.3. The first-order valence-corrected chi connectivity index (χ1v) is 18.3. The van der Waals surface area contributed by atoms with Gasteiger partial charge in [0.25, 0.3) is 0 Å². The van der Waals surface area contributed by atoms with Gasteiger partial charge in [0, 0.05) is 16.7 Å². The van der Waals surface area contributed by atoms with E-state index in [1.807, 2.05) is 30.3 Å². The van der Waals surface area contributed by atoms with Crippen LogP contribution in [0.15, 0.2) is 48.5 Å². The van der Waals surface area contributed by atoms with Crippen LogP contribution >= 0.6 is 0 Å². The van der Waals surface area contributed by atoms with E-state index in [0.29, 0.717) is 18.3 Å². The van der Waals surface area contributed by atoms with Crippen LogP contribution in [-0.2, 0) is 5.41 Å². The molecule has 2 aliphatic carbocycles. The molecule has 3 heteroatoms. The first-order valence-electron chi connectivity index (χ1n) is 18.3. The third-order valence-electron chi connectivity index (χ3n) is 11.3. The lowest BCUT2D eigenvalue weighted by atomic mass is 9.63. The van der Waals surface area contributed by atoms with Crippen LogP contribution in [0.5, 0.6) is 17.2 Å². The number of phenols is 3. The van der Waals surface area contributed by atoms with Crippen molar-refractivity contribution in [3.05, 3.63) is 87.5 Å². The Bertz CT molecular complexity index is 1320. The van der Waals surface area contributed by atoms with Crippen molar-refractivity contribution in [2.45, 2.75) is 154 Å². The van der Waals surface area contributed by atoms with Crippen molar-refractivity contribution in [3.8, 4) is 17.2 Å². The van der Waals surface area contributed by atoms with Crippen LogP contribution < -0.4 is 0 Å². The molecule has 0 atom stereocenters. The summed E-state index contributed by atoms with van der Waals surface area (Å²) >= 11 is 0. The molecule has 45 heavy (non-hydrogen) atoms. The van der Waals surface area contributed by atoms with Crippen LogP contribution in [-0.4, -0.2) is 15.3 Å². The Morgan fingerprint density at radius 2 is 1.02 bits per heavy atom. The summed E-state index contributed by atoms with van der Waals surface area (Å²) in [5.41, 5.74) is 6.46. The lowest BCUT2D eigenvalue weighted by Gasteiger charge is -2.39. The van der Waals surface area contributed by atoms with Crippen LogP contribution in [0, 0.1) is 13.8 Å². The van der Waals surface area contributed by atoms with E-state index in [1.54, 1.807) is 6.07 Å². The third kappa shape index (κ3) is 7.39. The summed E-state index contributed by atoms with van der Waals surface area (Å²) in [6.07, 6.45) is 21.2. The average molecular weight is 611 g/mol. The molecule has 0 unspecified atom stereocenters. The molecule has 2 aliphatic rings. The van der Waals surface area contributed by atoms with Gasteiger partial charge in [-0.25, -0.2) is 0 Å². The van der Waals surface area contributed by atoms with Gasteiger partial charge in [0.05, 0.1) is 5.41 Å². The Balaban J connectivity index is 1.72. The first kappa shape index (κ1) is 33.4. The lowest BCUT2D eigenvalue weighted by molar-refractivity contribution is 0.397. The van der Waals surface area contributed by atoms with Gasteiger partial charge in [-0.2, -0.15) is 0 Å². The number of phenolic OH excluding ortho intramolecular Hbond substituents is 3.